The first-order valence-corrected chi connectivity index (χ1v) is 8.22. The summed E-state index contributed by atoms with van der Waals surface area (Å²) in [5, 5.41) is 15.5. The Hall–Kier alpha value is -2.96. The van der Waals surface area contributed by atoms with Crippen LogP contribution in [0.5, 0.6) is 5.75 Å². The van der Waals surface area contributed by atoms with Crippen LogP contribution in [0.25, 0.3) is 23.0 Å². The van der Waals surface area contributed by atoms with Crippen LogP contribution in [0.3, 0.4) is 0 Å². The predicted octanol–water partition coefficient (Wildman–Crippen LogP) is 3.66. The van der Waals surface area contributed by atoms with Crippen LogP contribution in [0.15, 0.2) is 40.9 Å². The number of aromatic nitrogens is 4. The van der Waals surface area contributed by atoms with E-state index in [0.29, 0.717) is 23.3 Å². The Morgan fingerprint density at radius 1 is 1.08 bits per heavy atom. The fraction of sp³-hybridized carbons (Fsp3) is 0.333. The van der Waals surface area contributed by atoms with Crippen LogP contribution in [-0.4, -0.2) is 34.0 Å². The molecule has 0 spiro atoms. The summed E-state index contributed by atoms with van der Waals surface area (Å²) in [7, 11) is 1.63. The van der Waals surface area contributed by atoms with Crippen molar-refractivity contribution in [1.82, 2.24) is 20.3 Å². The highest BCUT2D eigenvalue weighted by molar-refractivity contribution is 5.59. The Morgan fingerprint density at radius 2 is 1.88 bits per heavy atom. The predicted molar refractivity (Wildman–Crippen MR) is 95.3 cm³/mol. The van der Waals surface area contributed by atoms with Crippen molar-refractivity contribution in [3.63, 3.8) is 0 Å². The Bertz CT molecular complexity index is 797. The highest BCUT2D eigenvalue weighted by Crippen LogP contribution is 2.23. The van der Waals surface area contributed by atoms with E-state index in [4.69, 9.17) is 9.26 Å². The van der Waals surface area contributed by atoms with Crippen molar-refractivity contribution < 1.29 is 9.26 Å². The van der Waals surface area contributed by atoms with E-state index in [1.54, 1.807) is 7.11 Å². The van der Waals surface area contributed by atoms with Crippen LogP contribution >= 0.6 is 0 Å². The molecular weight excluding hydrogens is 318 g/mol. The Labute approximate surface area is 146 Å². The number of rotatable bonds is 7. The minimum Gasteiger partial charge on any atom is -0.497 e. The van der Waals surface area contributed by atoms with Crippen LogP contribution in [-0.2, 0) is 0 Å². The molecule has 0 amide bonds. The van der Waals surface area contributed by atoms with Crippen LogP contribution in [0.4, 0.5) is 5.82 Å². The second-order valence-corrected chi connectivity index (χ2v) is 6.06. The van der Waals surface area contributed by atoms with E-state index in [9.17, 15) is 0 Å². The molecule has 25 heavy (non-hydrogen) atoms. The molecular formula is C18H21N5O2. The third-order valence-electron chi connectivity index (χ3n) is 3.69. The zero-order chi connectivity index (χ0) is 17.6. The maximum Gasteiger partial charge on any atom is 0.278 e. The van der Waals surface area contributed by atoms with E-state index in [2.05, 4.69) is 39.5 Å². The molecule has 7 nitrogen and oxygen atoms in total. The monoisotopic (exact) mass is 339 g/mol. The van der Waals surface area contributed by atoms with E-state index in [0.717, 1.165) is 30.1 Å². The quantitative estimate of drug-likeness (QED) is 0.703. The average molecular weight is 339 g/mol. The van der Waals surface area contributed by atoms with Crippen molar-refractivity contribution >= 4 is 5.82 Å². The number of hydrogen-bond acceptors (Lipinski definition) is 7. The number of nitrogens with one attached hydrogen (secondary N) is 1. The van der Waals surface area contributed by atoms with Crippen molar-refractivity contribution in [3.05, 3.63) is 36.4 Å². The maximum atomic E-state index is 5.30. The zero-order valence-electron chi connectivity index (χ0n) is 14.6. The van der Waals surface area contributed by atoms with Crippen LogP contribution in [0.1, 0.15) is 20.3 Å². The highest BCUT2D eigenvalue weighted by atomic mass is 16.5. The third-order valence-corrected chi connectivity index (χ3v) is 3.69. The molecule has 0 saturated carbocycles. The normalized spacial score (nSPS) is 10.9. The minimum absolute atomic E-state index is 0.340. The van der Waals surface area contributed by atoms with Gasteiger partial charge in [0.1, 0.15) is 11.6 Å². The van der Waals surface area contributed by atoms with Gasteiger partial charge in [-0.3, -0.25) is 0 Å². The second kappa shape index (κ2) is 7.74. The second-order valence-electron chi connectivity index (χ2n) is 6.06. The number of hydrogen-bond donors (Lipinski definition) is 1. The Kier molecular flexibility index (Phi) is 5.23. The van der Waals surface area contributed by atoms with Crippen molar-refractivity contribution in [2.45, 2.75) is 20.3 Å². The molecule has 3 rings (SSSR count). The smallest absolute Gasteiger partial charge is 0.278 e. The summed E-state index contributed by atoms with van der Waals surface area (Å²) in [6, 6.07) is 11.1. The first-order chi connectivity index (χ1) is 12.2. The molecule has 7 heteroatoms. The molecule has 0 aliphatic carbocycles. The number of ether oxygens (including phenoxy) is 1. The molecule has 0 aliphatic heterocycles. The van der Waals surface area contributed by atoms with E-state index in [1.807, 2.05) is 36.4 Å². The molecule has 130 valence electrons. The highest BCUT2D eigenvalue weighted by Gasteiger charge is 2.12. The summed E-state index contributed by atoms with van der Waals surface area (Å²) in [6.07, 6.45) is 1.08. The van der Waals surface area contributed by atoms with Gasteiger partial charge in [0.2, 0.25) is 5.82 Å². The van der Waals surface area contributed by atoms with Crippen LogP contribution < -0.4 is 10.1 Å². The molecule has 0 saturated heterocycles. The van der Waals surface area contributed by atoms with Gasteiger partial charge in [-0.1, -0.05) is 19.0 Å². The average Bonchev–Trinajstić information content (AvgIpc) is 3.12. The number of benzene rings is 1. The van der Waals surface area contributed by atoms with Gasteiger partial charge in [0, 0.05) is 12.1 Å². The molecule has 0 radical (unpaired) electrons. The van der Waals surface area contributed by atoms with Gasteiger partial charge in [-0.15, -0.1) is 10.2 Å². The van der Waals surface area contributed by atoms with Gasteiger partial charge in [0.25, 0.3) is 5.89 Å². The molecule has 0 bridgehead atoms. The molecule has 1 N–H and O–H groups in total. The lowest BCUT2D eigenvalue weighted by atomic mass is 10.1. The minimum atomic E-state index is 0.340. The van der Waals surface area contributed by atoms with E-state index < -0.39 is 0 Å². The van der Waals surface area contributed by atoms with Crippen molar-refractivity contribution in [1.29, 1.82) is 0 Å². The fourth-order valence-electron chi connectivity index (χ4n) is 2.21. The van der Waals surface area contributed by atoms with E-state index >= 15 is 0 Å². The van der Waals surface area contributed by atoms with E-state index in [-0.39, 0.29) is 0 Å². The number of anilines is 1. The molecule has 1 aromatic carbocycles. The Balaban J connectivity index is 1.69. The maximum absolute atomic E-state index is 5.30. The summed E-state index contributed by atoms with van der Waals surface area (Å²) in [5.41, 5.74) is 1.39. The third kappa shape index (κ3) is 4.32. The van der Waals surface area contributed by atoms with Gasteiger partial charge >= 0.3 is 0 Å². The van der Waals surface area contributed by atoms with Crippen LogP contribution in [0, 0.1) is 5.92 Å². The summed E-state index contributed by atoms with van der Waals surface area (Å²) < 4.78 is 10.4. The molecule has 0 fully saturated rings. The van der Waals surface area contributed by atoms with Crippen molar-refractivity contribution in [2.75, 3.05) is 19.0 Å². The summed E-state index contributed by atoms with van der Waals surface area (Å²) in [5.74, 6) is 3.00. The van der Waals surface area contributed by atoms with Gasteiger partial charge < -0.3 is 14.6 Å². The van der Waals surface area contributed by atoms with Crippen LogP contribution in [0.2, 0.25) is 0 Å². The molecule has 3 aromatic rings. The lowest BCUT2D eigenvalue weighted by Crippen LogP contribution is -2.06. The fourth-order valence-corrected chi connectivity index (χ4v) is 2.21. The first kappa shape index (κ1) is 16.9. The molecule has 2 aromatic heterocycles. The number of methoxy groups -OCH3 is 1. The zero-order valence-corrected chi connectivity index (χ0v) is 14.6. The summed E-state index contributed by atoms with van der Waals surface area (Å²) in [6.45, 7) is 5.24. The molecule has 0 unspecified atom stereocenters. The number of nitrogens with zero attached hydrogens (tertiary/aromatic N) is 4. The van der Waals surface area contributed by atoms with Crippen molar-refractivity contribution in [3.8, 4) is 28.7 Å². The largest absolute Gasteiger partial charge is 0.497 e. The first-order valence-electron chi connectivity index (χ1n) is 8.22. The van der Waals surface area contributed by atoms with E-state index in [1.165, 1.54) is 0 Å². The van der Waals surface area contributed by atoms with Gasteiger partial charge in [-0.2, -0.15) is 4.98 Å². The molecule has 2 heterocycles. The lowest BCUT2D eigenvalue weighted by molar-refractivity contribution is 0.414. The molecule has 0 atom stereocenters. The standard InChI is InChI=1S/C18H21N5O2/c1-12(2)10-11-19-16-9-8-15(21-22-16)18-20-17(23-25-18)13-4-6-14(24-3)7-5-13/h4-9,12H,10-11H2,1-3H3,(H,19,22). The Morgan fingerprint density at radius 3 is 2.52 bits per heavy atom. The summed E-state index contributed by atoms with van der Waals surface area (Å²) >= 11 is 0. The van der Waals surface area contributed by atoms with Gasteiger partial charge in [-0.05, 0) is 48.7 Å². The van der Waals surface area contributed by atoms with Gasteiger partial charge in [-0.25, -0.2) is 0 Å². The van der Waals surface area contributed by atoms with Crippen molar-refractivity contribution in [2.24, 2.45) is 5.92 Å². The molecule has 0 aliphatic rings. The van der Waals surface area contributed by atoms with Gasteiger partial charge in [0.05, 0.1) is 7.11 Å². The topological polar surface area (TPSA) is 86.0 Å². The lowest BCUT2D eigenvalue weighted by Gasteiger charge is -2.06. The van der Waals surface area contributed by atoms with Gasteiger partial charge in [0.15, 0.2) is 5.69 Å². The summed E-state index contributed by atoms with van der Waals surface area (Å²) in [4.78, 5) is 4.38. The SMILES string of the molecule is COc1ccc(-c2noc(-c3ccc(NCCC(C)C)nn3)n2)cc1.